The van der Waals surface area contributed by atoms with Gasteiger partial charge in [0.15, 0.2) is 0 Å². The van der Waals surface area contributed by atoms with Crippen molar-refractivity contribution in [3.63, 3.8) is 0 Å². The van der Waals surface area contributed by atoms with E-state index in [-0.39, 0.29) is 24.4 Å². The molecule has 164 valence electrons. The second kappa shape index (κ2) is 10.3. The monoisotopic (exact) mass is 414 g/mol. The van der Waals surface area contributed by atoms with Crippen molar-refractivity contribution in [3.05, 3.63) is 58.7 Å². The number of phenols is 1. The second-order valence-corrected chi connectivity index (χ2v) is 8.45. The lowest BCUT2D eigenvalue weighted by Gasteiger charge is -2.32. The van der Waals surface area contributed by atoms with Gasteiger partial charge in [0.05, 0.1) is 0 Å². The Morgan fingerprint density at radius 1 is 1.03 bits per heavy atom. The van der Waals surface area contributed by atoms with Crippen LogP contribution in [0.2, 0.25) is 0 Å². The summed E-state index contributed by atoms with van der Waals surface area (Å²) in [5, 5.41) is 31.5. The van der Waals surface area contributed by atoms with Gasteiger partial charge in [-0.3, -0.25) is 4.90 Å². The summed E-state index contributed by atoms with van der Waals surface area (Å²) in [6.45, 7) is 8.19. The van der Waals surface area contributed by atoms with Gasteiger partial charge in [0.25, 0.3) is 0 Å². The van der Waals surface area contributed by atoms with Gasteiger partial charge in [-0.1, -0.05) is 26.0 Å². The van der Waals surface area contributed by atoms with Crippen molar-refractivity contribution >= 4 is 0 Å². The van der Waals surface area contributed by atoms with Crippen molar-refractivity contribution < 1.29 is 20.1 Å². The molecule has 0 radical (unpaired) electrons. The quantitative estimate of drug-likeness (QED) is 0.448. The molecule has 6 heteroatoms. The largest absolute Gasteiger partial charge is 0.508 e. The Morgan fingerprint density at radius 2 is 1.77 bits per heavy atom. The van der Waals surface area contributed by atoms with E-state index in [9.17, 15) is 5.11 Å². The molecule has 0 bridgehead atoms. The fourth-order valence-electron chi connectivity index (χ4n) is 3.83. The summed E-state index contributed by atoms with van der Waals surface area (Å²) < 4.78 is 5.89. The van der Waals surface area contributed by atoms with Crippen LogP contribution in [0, 0.1) is 0 Å². The van der Waals surface area contributed by atoms with Gasteiger partial charge in [-0.15, -0.1) is 0 Å². The topological polar surface area (TPSA) is 85.2 Å². The smallest absolute Gasteiger partial charge is 0.142 e. The van der Waals surface area contributed by atoms with Crippen LogP contribution in [0.5, 0.6) is 11.5 Å². The van der Waals surface area contributed by atoms with E-state index >= 15 is 0 Å². The van der Waals surface area contributed by atoms with Gasteiger partial charge in [-0.25, -0.2) is 0 Å². The van der Waals surface area contributed by atoms with Crippen LogP contribution in [-0.4, -0.2) is 53.3 Å². The predicted molar refractivity (Wildman–Crippen MR) is 118 cm³/mol. The van der Waals surface area contributed by atoms with Gasteiger partial charge >= 0.3 is 0 Å². The third kappa shape index (κ3) is 5.32. The second-order valence-electron chi connectivity index (χ2n) is 8.45. The molecule has 0 spiro atoms. The summed E-state index contributed by atoms with van der Waals surface area (Å²) in [5.74, 6) is 1.21. The Labute approximate surface area is 179 Å². The lowest BCUT2D eigenvalue weighted by molar-refractivity contribution is 0.0883. The van der Waals surface area contributed by atoms with Crippen molar-refractivity contribution in [2.75, 3.05) is 33.0 Å². The summed E-state index contributed by atoms with van der Waals surface area (Å²) in [7, 11) is 0. The molecule has 6 nitrogen and oxygen atoms in total. The number of ether oxygens (including phenoxy) is 1. The van der Waals surface area contributed by atoms with Crippen LogP contribution >= 0.6 is 0 Å². The normalized spacial score (nSPS) is 14.4. The summed E-state index contributed by atoms with van der Waals surface area (Å²) >= 11 is 0. The molecule has 0 aliphatic carbocycles. The highest BCUT2D eigenvalue weighted by Crippen LogP contribution is 2.37. The molecule has 3 rings (SSSR count). The standard InChI is InChI=1S/C24H34N2O4/c1-24(2,20-5-7-22(29)18(13-20)15-25-9-3-11-27)21-6-8-23-19(14-21)16-26(17-30-23)10-4-12-28/h5-8,13-14,25,27-29H,3-4,9-12,15-17H2,1-2H3. The van der Waals surface area contributed by atoms with E-state index in [4.69, 9.17) is 14.9 Å². The lowest BCUT2D eigenvalue weighted by Crippen LogP contribution is -2.33. The van der Waals surface area contributed by atoms with Crippen LogP contribution in [0.1, 0.15) is 48.9 Å². The number of nitrogens with zero attached hydrogens (tertiary/aromatic N) is 1. The van der Waals surface area contributed by atoms with E-state index in [1.165, 1.54) is 5.56 Å². The van der Waals surface area contributed by atoms with Crippen molar-refractivity contribution in [1.29, 1.82) is 0 Å². The van der Waals surface area contributed by atoms with Crippen molar-refractivity contribution in [2.24, 2.45) is 0 Å². The Kier molecular flexibility index (Phi) is 7.72. The first-order chi connectivity index (χ1) is 14.5. The summed E-state index contributed by atoms with van der Waals surface area (Å²) in [4.78, 5) is 2.20. The van der Waals surface area contributed by atoms with Crippen LogP contribution in [-0.2, 0) is 18.5 Å². The van der Waals surface area contributed by atoms with Crippen LogP contribution in [0.3, 0.4) is 0 Å². The van der Waals surface area contributed by atoms with Gasteiger partial charge in [-0.2, -0.15) is 0 Å². The lowest BCUT2D eigenvalue weighted by atomic mass is 9.77. The zero-order valence-electron chi connectivity index (χ0n) is 18.0. The van der Waals surface area contributed by atoms with E-state index < -0.39 is 0 Å². The van der Waals surface area contributed by atoms with Crippen molar-refractivity contribution in [3.8, 4) is 11.5 Å². The van der Waals surface area contributed by atoms with Crippen molar-refractivity contribution in [1.82, 2.24) is 10.2 Å². The Hall–Kier alpha value is -2.12. The van der Waals surface area contributed by atoms with E-state index in [0.717, 1.165) is 42.0 Å². The van der Waals surface area contributed by atoms with Crippen LogP contribution in [0.4, 0.5) is 0 Å². The number of benzene rings is 2. The van der Waals surface area contributed by atoms with Crippen LogP contribution in [0.15, 0.2) is 36.4 Å². The average molecular weight is 415 g/mol. The van der Waals surface area contributed by atoms with E-state index in [1.807, 2.05) is 12.1 Å². The maximum Gasteiger partial charge on any atom is 0.142 e. The molecule has 0 unspecified atom stereocenters. The van der Waals surface area contributed by atoms with E-state index in [2.05, 4.69) is 42.3 Å². The fraction of sp³-hybridized carbons (Fsp3) is 0.500. The fourth-order valence-corrected chi connectivity index (χ4v) is 3.83. The Bertz CT molecular complexity index is 838. The number of hydrogen-bond acceptors (Lipinski definition) is 6. The molecule has 1 heterocycles. The molecule has 0 aromatic heterocycles. The molecule has 1 aliphatic rings. The molecule has 0 atom stereocenters. The number of phenolic OH excluding ortho intramolecular Hbond substituents is 1. The minimum atomic E-state index is -0.240. The van der Waals surface area contributed by atoms with Gasteiger partial charge in [-0.05, 0) is 54.8 Å². The Morgan fingerprint density at radius 3 is 2.53 bits per heavy atom. The molecule has 1 aliphatic heterocycles. The van der Waals surface area contributed by atoms with Gasteiger partial charge in [0.2, 0.25) is 0 Å². The first kappa shape index (κ1) is 22.6. The molecule has 0 saturated carbocycles. The molecule has 2 aromatic rings. The van der Waals surface area contributed by atoms with Gasteiger partial charge in [0, 0.05) is 49.4 Å². The maximum atomic E-state index is 10.3. The first-order valence-corrected chi connectivity index (χ1v) is 10.7. The number of aromatic hydroxyl groups is 1. The number of aliphatic hydroxyl groups excluding tert-OH is 2. The minimum Gasteiger partial charge on any atom is -0.508 e. The maximum absolute atomic E-state index is 10.3. The molecule has 30 heavy (non-hydrogen) atoms. The molecule has 4 N–H and O–H groups in total. The third-order valence-electron chi connectivity index (χ3n) is 5.84. The number of rotatable bonds is 10. The minimum absolute atomic E-state index is 0.158. The summed E-state index contributed by atoms with van der Waals surface area (Å²) in [6.07, 6.45) is 1.44. The van der Waals surface area contributed by atoms with Gasteiger partial charge < -0.3 is 25.4 Å². The number of aliphatic hydroxyl groups is 2. The zero-order chi connectivity index (χ0) is 21.6. The predicted octanol–water partition coefficient (Wildman–Crippen LogP) is 2.72. The highest BCUT2D eigenvalue weighted by Gasteiger charge is 2.26. The number of nitrogens with one attached hydrogen (secondary N) is 1. The SMILES string of the molecule is CC(C)(c1ccc(O)c(CNCCCO)c1)c1ccc2c(c1)CN(CCCO)CO2. The molecule has 0 amide bonds. The highest BCUT2D eigenvalue weighted by atomic mass is 16.5. The van der Waals surface area contributed by atoms with E-state index in [1.54, 1.807) is 6.07 Å². The zero-order valence-corrected chi connectivity index (χ0v) is 18.0. The first-order valence-electron chi connectivity index (χ1n) is 10.7. The van der Waals surface area contributed by atoms with Crippen molar-refractivity contribution in [2.45, 2.75) is 45.2 Å². The average Bonchev–Trinajstić information content (AvgIpc) is 2.75. The molecular formula is C24H34N2O4. The Balaban J connectivity index is 1.80. The van der Waals surface area contributed by atoms with Crippen LogP contribution in [0.25, 0.3) is 0 Å². The summed E-state index contributed by atoms with van der Waals surface area (Å²) in [6, 6.07) is 12.2. The summed E-state index contributed by atoms with van der Waals surface area (Å²) in [5.41, 5.74) is 4.10. The van der Waals surface area contributed by atoms with E-state index in [0.29, 0.717) is 26.2 Å². The molecular weight excluding hydrogens is 380 g/mol. The highest BCUT2D eigenvalue weighted by molar-refractivity contribution is 5.47. The molecule has 2 aromatic carbocycles. The molecule has 0 fully saturated rings. The van der Waals surface area contributed by atoms with Gasteiger partial charge in [0.1, 0.15) is 18.2 Å². The number of fused-ring (bicyclic) bond motifs is 1. The number of hydrogen-bond donors (Lipinski definition) is 4. The molecule has 0 saturated heterocycles. The third-order valence-corrected chi connectivity index (χ3v) is 5.84. The van der Waals surface area contributed by atoms with Crippen LogP contribution < -0.4 is 10.1 Å².